The topological polar surface area (TPSA) is 64.8 Å². The number of rotatable bonds is 4. The molecule has 4 rings (SSSR count). The van der Waals surface area contributed by atoms with Gasteiger partial charge >= 0.3 is 0 Å². The second-order valence-electron chi connectivity index (χ2n) is 9.27. The lowest BCUT2D eigenvalue weighted by Crippen LogP contribution is -2.17. The number of hydrogen-bond donors (Lipinski definition) is 0. The van der Waals surface area contributed by atoms with E-state index in [2.05, 4.69) is 41.5 Å². The van der Waals surface area contributed by atoms with Gasteiger partial charge in [0, 0.05) is 0 Å². The van der Waals surface area contributed by atoms with E-state index in [1.165, 1.54) is 0 Å². The lowest BCUT2D eigenvalue weighted by Gasteiger charge is -2.07. The van der Waals surface area contributed by atoms with Crippen LogP contribution in [0.25, 0.3) is 0 Å². The quantitative estimate of drug-likeness (QED) is 0.785. The van der Waals surface area contributed by atoms with Gasteiger partial charge in [-0.1, -0.05) is 13.8 Å². The largest absolute Gasteiger partial charge is 0.478 e. The first kappa shape index (κ1) is 16.9. The lowest BCUT2D eigenvalue weighted by atomic mass is 10.1. The standard InChI is InChI=1S/C19H29N3O3/c1-10(2)11-7-23-15(20-11)12-13(16-21-18(3,4)8-24-16)14(12)17-22-19(5,6)9-25-17/h10-14H,7-9H2,1-6H3/t11-,13+,14+/m1/s1. The van der Waals surface area contributed by atoms with Crippen LogP contribution in [0.5, 0.6) is 0 Å². The zero-order chi connectivity index (χ0) is 18.0. The van der Waals surface area contributed by atoms with E-state index in [4.69, 9.17) is 29.2 Å². The summed E-state index contributed by atoms with van der Waals surface area (Å²) in [5, 5.41) is 0. The molecule has 0 N–H and O–H groups in total. The van der Waals surface area contributed by atoms with Crippen LogP contribution in [0, 0.1) is 23.7 Å². The molecule has 25 heavy (non-hydrogen) atoms. The smallest absolute Gasteiger partial charge is 0.188 e. The molecular formula is C19H29N3O3. The third-order valence-electron chi connectivity index (χ3n) is 5.31. The maximum Gasteiger partial charge on any atom is 0.188 e. The molecule has 1 aliphatic carbocycles. The highest BCUT2D eigenvalue weighted by molar-refractivity contribution is 6.03. The van der Waals surface area contributed by atoms with Crippen LogP contribution in [0.15, 0.2) is 15.0 Å². The molecule has 0 saturated heterocycles. The molecule has 3 atom stereocenters. The number of nitrogens with zero attached hydrogens (tertiary/aromatic N) is 3. The average molecular weight is 347 g/mol. The summed E-state index contributed by atoms with van der Waals surface area (Å²) in [7, 11) is 0. The van der Waals surface area contributed by atoms with Crippen molar-refractivity contribution in [1.82, 2.24) is 0 Å². The van der Waals surface area contributed by atoms with Crippen LogP contribution in [-0.4, -0.2) is 54.6 Å². The fourth-order valence-electron chi connectivity index (χ4n) is 3.73. The van der Waals surface area contributed by atoms with Gasteiger partial charge in [-0.15, -0.1) is 0 Å². The Morgan fingerprint density at radius 2 is 1.28 bits per heavy atom. The van der Waals surface area contributed by atoms with Gasteiger partial charge in [-0.25, -0.2) is 15.0 Å². The van der Waals surface area contributed by atoms with Crippen LogP contribution in [0.2, 0.25) is 0 Å². The summed E-state index contributed by atoms with van der Waals surface area (Å²) in [4.78, 5) is 14.4. The molecule has 138 valence electrons. The molecule has 0 aromatic carbocycles. The van der Waals surface area contributed by atoms with Crippen LogP contribution in [0.1, 0.15) is 41.5 Å². The third-order valence-corrected chi connectivity index (χ3v) is 5.31. The summed E-state index contributed by atoms with van der Waals surface area (Å²) in [5.41, 5.74) is -0.326. The fourth-order valence-corrected chi connectivity index (χ4v) is 3.73. The van der Waals surface area contributed by atoms with Gasteiger partial charge in [0.1, 0.15) is 19.8 Å². The maximum atomic E-state index is 5.96. The normalized spacial score (nSPS) is 37.8. The second-order valence-corrected chi connectivity index (χ2v) is 9.27. The van der Waals surface area contributed by atoms with Crippen molar-refractivity contribution in [2.75, 3.05) is 19.8 Å². The Balaban J connectivity index is 1.61. The second kappa shape index (κ2) is 5.45. The summed E-state index contributed by atoms with van der Waals surface area (Å²) in [5.74, 6) is 3.36. The summed E-state index contributed by atoms with van der Waals surface area (Å²) < 4.78 is 17.8. The molecule has 0 aromatic rings. The van der Waals surface area contributed by atoms with Crippen LogP contribution in [-0.2, 0) is 14.2 Å². The minimum atomic E-state index is -0.163. The van der Waals surface area contributed by atoms with E-state index in [1.807, 2.05) is 0 Å². The van der Waals surface area contributed by atoms with Gasteiger partial charge in [-0.2, -0.15) is 0 Å². The Morgan fingerprint density at radius 1 is 0.800 bits per heavy atom. The number of hydrogen-bond acceptors (Lipinski definition) is 6. The third kappa shape index (κ3) is 3.04. The van der Waals surface area contributed by atoms with Gasteiger partial charge < -0.3 is 14.2 Å². The molecule has 3 heterocycles. The minimum Gasteiger partial charge on any atom is -0.478 e. The Morgan fingerprint density at radius 3 is 1.64 bits per heavy atom. The summed E-state index contributed by atoms with van der Waals surface area (Å²) >= 11 is 0. The lowest BCUT2D eigenvalue weighted by molar-refractivity contribution is 0.266. The van der Waals surface area contributed by atoms with Crippen molar-refractivity contribution in [1.29, 1.82) is 0 Å². The van der Waals surface area contributed by atoms with Gasteiger partial charge in [-0.3, -0.25) is 0 Å². The van der Waals surface area contributed by atoms with Gasteiger partial charge in [0.25, 0.3) is 0 Å². The van der Waals surface area contributed by atoms with Crippen LogP contribution < -0.4 is 0 Å². The SMILES string of the molecule is CC(C)[C@H]1COC(C2[C@H](C3=NC(C)(C)CO3)[C@H]2C2=NC(C)(C)CO2)=N1. The first-order valence-corrected chi connectivity index (χ1v) is 9.32. The zero-order valence-electron chi connectivity index (χ0n) is 16.1. The molecule has 6 heteroatoms. The predicted molar refractivity (Wildman–Crippen MR) is 97.4 cm³/mol. The molecule has 0 spiro atoms. The van der Waals surface area contributed by atoms with Crippen molar-refractivity contribution in [2.24, 2.45) is 38.6 Å². The molecule has 1 fully saturated rings. The van der Waals surface area contributed by atoms with E-state index in [1.54, 1.807) is 0 Å². The van der Waals surface area contributed by atoms with E-state index < -0.39 is 0 Å². The van der Waals surface area contributed by atoms with Gasteiger partial charge in [0.05, 0.1) is 34.9 Å². The molecule has 0 bridgehead atoms. The molecule has 1 saturated carbocycles. The molecule has 6 nitrogen and oxygen atoms in total. The molecule has 0 unspecified atom stereocenters. The average Bonchev–Trinajstić information content (AvgIpc) is 2.85. The van der Waals surface area contributed by atoms with Crippen molar-refractivity contribution in [2.45, 2.75) is 58.7 Å². The van der Waals surface area contributed by atoms with Crippen molar-refractivity contribution in [3.63, 3.8) is 0 Å². The highest BCUT2D eigenvalue weighted by Crippen LogP contribution is 2.53. The minimum absolute atomic E-state index is 0.138. The van der Waals surface area contributed by atoms with Crippen LogP contribution in [0.4, 0.5) is 0 Å². The molecular weight excluding hydrogens is 318 g/mol. The van der Waals surface area contributed by atoms with Crippen LogP contribution >= 0.6 is 0 Å². The molecule has 3 aliphatic heterocycles. The van der Waals surface area contributed by atoms with E-state index in [9.17, 15) is 0 Å². The highest BCUT2D eigenvalue weighted by Gasteiger charge is 2.64. The number of ether oxygens (including phenoxy) is 3. The van der Waals surface area contributed by atoms with Crippen molar-refractivity contribution in [3.05, 3.63) is 0 Å². The monoisotopic (exact) mass is 347 g/mol. The Labute approximate surface area is 149 Å². The molecule has 0 amide bonds. The van der Waals surface area contributed by atoms with E-state index in [-0.39, 0.29) is 34.9 Å². The first-order valence-electron chi connectivity index (χ1n) is 9.32. The molecule has 4 aliphatic rings. The molecule has 0 radical (unpaired) electrons. The van der Waals surface area contributed by atoms with E-state index >= 15 is 0 Å². The first-order chi connectivity index (χ1) is 11.7. The summed E-state index contributed by atoms with van der Waals surface area (Å²) in [6.45, 7) is 14.7. The predicted octanol–water partition coefficient (Wildman–Crippen LogP) is 2.72. The zero-order valence-corrected chi connectivity index (χ0v) is 16.1. The highest BCUT2D eigenvalue weighted by atomic mass is 16.5. The van der Waals surface area contributed by atoms with Gasteiger partial charge in [-0.05, 0) is 33.6 Å². The van der Waals surface area contributed by atoms with Crippen LogP contribution in [0.3, 0.4) is 0 Å². The van der Waals surface area contributed by atoms with E-state index in [0.29, 0.717) is 25.7 Å². The maximum absolute atomic E-state index is 5.96. The van der Waals surface area contributed by atoms with Crippen molar-refractivity contribution >= 4 is 17.7 Å². The summed E-state index contributed by atoms with van der Waals surface area (Å²) in [6.07, 6.45) is 0. The van der Waals surface area contributed by atoms with E-state index in [0.717, 1.165) is 17.7 Å². The summed E-state index contributed by atoms with van der Waals surface area (Å²) in [6, 6.07) is 0.239. The van der Waals surface area contributed by atoms with Crippen molar-refractivity contribution < 1.29 is 14.2 Å². The molecule has 0 aromatic heterocycles. The van der Waals surface area contributed by atoms with Crippen molar-refractivity contribution in [3.8, 4) is 0 Å². The van der Waals surface area contributed by atoms with Gasteiger partial charge in [0.15, 0.2) is 17.7 Å². The fraction of sp³-hybridized carbons (Fsp3) is 0.842. The Hall–Kier alpha value is -1.59. The number of aliphatic imine (C=N–C) groups is 3. The Kier molecular flexibility index (Phi) is 3.68. The Bertz CT molecular complexity index is 623. The van der Waals surface area contributed by atoms with Gasteiger partial charge in [0.2, 0.25) is 0 Å².